The summed E-state index contributed by atoms with van der Waals surface area (Å²) < 4.78 is 49.5. The van der Waals surface area contributed by atoms with Crippen LogP contribution in [0.3, 0.4) is 0 Å². The molecule has 0 N–H and O–H groups in total. The highest BCUT2D eigenvalue weighted by molar-refractivity contribution is 5.94. The van der Waals surface area contributed by atoms with Gasteiger partial charge in [-0.15, -0.1) is 0 Å². The Labute approximate surface area is 134 Å². The van der Waals surface area contributed by atoms with Crippen molar-refractivity contribution < 1.29 is 32.5 Å². The molecule has 0 saturated carbocycles. The van der Waals surface area contributed by atoms with Gasteiger partial charge in [-0.2, -0.15) is 13.2 Å². The number of aliphatic carboxylic acids is 1. The van der Waals surface area contributed by atoms with Crippen molar-refractivity contribution in [3.8, 4) is 17.2 Å². The summed E-state index contributed by atoms with van der Waals surface area (Å²) in [7, 11) is 0. The Hall–Kier alpha value is -2.96. The van der Waals surface area contributed by atoms with E-state index in [2.05, 4.69) is 0 Å². The van der Waals surface area contributed by atoms with Gasteiger partial charge >= 0.3 is 6.18 Å². The molecule has 124 valence electrons. The molecule has 4 nitrogen and oxygen atoms in total. The lowest BCUT2D eigenvalue weighted by atomic mass is 10.0. The van der Waals surface area contributed by atoms with E-state index in [0.717, 1.165) is 6.08 Å². The molecule has 1 unspecified atom stereocenters. The number of carboxylic acids is 1. The van der Waals surface area contributed by atoms with Crippen LogP contribution >= 0.6 is 0 Å². The molecule has 0 aromatic heterocycles. The van der Waals surface area contributed by atoms with Gasteiger partial charge in [-0.1, -0.05) is 24.3 Å². The van der Waals surface area contributed by atoms with Crippen molar-refractivity contribution in [2.45, 2.75) is 12.3 Å². The highest BCUT2D eigenvalue weighted by Gasteiger charge is 2.46. The van der Waals surface area contributed by atoms with Crippen molar-refractivity contribution in [1.82, 2.24) is 0 Å². The van der Waals surface area contributed by atoms with Crippen molar-refractivity contribution in [2.24, 2.45) is 0 Å². The molecule has 0 amide bonds. The van der Waals surface area contributed by atoms with E-state index in [1.54, 1.807) is 30.3 Å². The molecule has 2 aromatic rings. The maximum absolute atomic E-state index is 13.0. The lowest BCUT2D eigenvalue weighted by molar-refractivity contribution is -0.302. The standard InChI is InChI=1S/C17H11F3O4/c18-17(19,20)15-12(16(21)22)9-11-13(7-4-8-14(11)24-15)23-10-5-2-1-3-6-10/h1-9,15H,(H,21,22)/p-1. The molecule has 0 radical (unpaired) electrons. The van der Waals surface area contributed by atoms with E-state index in [1.165, 1.54) is 18.2 Å². The van der Waals surface area contributed by atoms with Crippen molar-refractivity contribution in [1.29, 1.82) is 0 Å². The molecule has 2 aromatic carbocycles. The number of benzene rings is 2. The van der Waals surface area contributed by atoms with E-state index < -0.39 is 23.8 Å². The SMILES string of the molecule is O=C([O-])C1=Cc2c(Oc3ccccc3)cccc2OC1C(F)(F)F. The van der Waals surface area contributed by atoms with Crippen LogP contribution in [0.1, 0.15) is 5.56 Å². The van der Waals surface area contributed by atoms with Crippen LogP contribution in [-0.4, -0.2) is 18.2 Å². The summed E-state index contributed by atoms with van der Waals surface area (Å²) in [6.07, 6.45) is -6.58. The third-order valence-corrected chi connectivity index (χ3v) is 3.36. The maximum Gasteiger partial charge on any atom is 0.429 e. The van der Waals surface area contributed by atoms with Crippen LogP contribution in [0.2, 0.25) is 0 Å². The van der Waals surface area contributed by atoms with Crippen LogP contribution in [0.5, 0.6) is 17.2 Å². The molecule has 24 heavy (non-hydrogen) atoms. The van der Waals surface area contributed by atoms with Gasteiger partial charge in [0.1, 0.15) is 17.2 Å². The van der Waals surface area contributed by atoms with E-state index in [0.29, 0.717) is 5.75 Å². The van der Waals surface area contributed by atoms with Gasteiger partial charge in [-0.05, 0) is 30.3 Å². The lowest BCUT2D eigenvalue weighted by Crippen LogP contribution is -2.44. The van der Waals surface area contributed by atoms with Gasteiger partial charge in [0.2, 0.25) is 6.10 Å². The lowest BCUT2D eigenvalue weighted by Gasteiger charge is -2.30. The van der Waals surface area contributed by atoms with E-state index in [9.17, 15) is 23.1 Å². The molecule has 7 heteroatoms. The smallest absolute Gasteiger partial charge is 0.429 e. The zero-order valence-corrected chi connectivity index (χ0v) is 12.0. The number of alkyl halides is 3. The number of carbonyl (C=O) groups excluding carboxylic acids is 1. The van der Waals surface area contributed by atoms with E-state index in [1.807, 2.05) is 0 Å². The van der Waals surface area contributed by atoms with Crippen LogP contribution in [-0.2, 0) is 4.79 Å². The Balaban J connectivity index is 2.05. The highest BCUT2D eigenvalue weighted by atomic mass is 19.4. The van der Waals surface area contributed by atoms with Crippen LogP contribution in [0, 0.1) is 0 Å². The number of fused-ring (bicyclic) bond motifs is 1. The number of ether oxygens (including phenoxy) is 2. The van der Waals surface area contributed by atoms with Crippen molar-refractivity contribution in [2.75, 3.05) is 0 Å². The number of carboxylic acid groups (broad SMARTS) is 1. The van der Waals surface area contributed by atoms with Gasteiger partial charge in [-0.3, -0.25) is 0 Å². The van der Waals surface area contributed by atoms with Gasteiger partial charge < -0.3 is 19.4 Å². The fraction of sp³-hybridized carbons (Fsp3) is 0.118. The molecule has 1 aliphatic heterocycles. The van der Waals surface area contributed by atoms with Gasteiger partial charge in [-0.25, -0.2) is 0 Å². The summed E-state index contributed by atoms with van der Waals surface area (Å²) in [4.78, 5) is 11.1. The fourth-order valence-corrected chi connectivity index (χ4v) is 2.30. The fourth-order valence-electron chi connectivity index (χ4n) is 2.30. The first-order valence-corrected chi connectivity index (χ1v) is 6.88. The van der Waals surface area contributed by atoms with Gasteiger partial charge in [0.25, 0.3) is 0 Å². The molecule has 1 atom stereocenters. The van der Waals surface area contributed by atoms with Gasteiger partial charge in [0.15, 0.2) is 0 Å². The van der Waals surface area contributed by atoms with Crippen LogP contribution in [0.15, 0.2) is 54.1 Å². The molecule has 0 aliphatic carbocycles. The second-order valence-corrected chi connectivity index (χ2v) is 5.01. The summed E-state index contributed by atoms with van der Waals surface area (Å²) >= 11 is 0. The van der Waals surface area contributed by atoms with Crippen LogP contribution < -0.4 is 14.6 Å². The monoisotopic (exact) mass is 335 g/mol. The van der Waals surface area contributed by atoms with Crippen molar-refractivity contribution >= 4 is 12.0 Å². The average molecular weight is 335 g/mol. The first-order valence-electron chi connectivity index (χ1n) is 6.88. The third kappa shape index (κ3) is 3.05. The molecule has 0 spiro atoms. The van der Waals surface area contributed by atoms with Gasteiger partial charge in [0, 0.05) is 5.57 Å². The predicted molar refractivity (Wildman–Crippen MR) is 76.4 cm³/mol. The highest BCUT2D eigenvalue weighted by Crippen LogP contribution is 2.41. The number of halogens is 3. The molecule has 1 aliphatic rings. The molecule has 0 bridgehead atoms. The Kier molecular flexibility index (Phi) is 3.92. The zero-order valence-electron chi connectivity index (χ0n) is 12.0. The second kappa shape index (κ2) is 5.92. The normalized spacial score (nSPS) is 16.6. The van der Waals surface area contributed by atoms with Crippen molar-refractivity contribution in [3.63, 3.8) is 0 Å². The topological polar surface area (TPSA) is 58.6 Å². The van der Waals surface area contributed by atoms with E-state index >= 15 is 0 Å². The minimum Gasteiger partial charge on any atom is -0.545 e. The first-order chi connectivity index (χ1) is 11.4. The number of para-hydroxylation sites is 1. The summed E-state index contributed by atoms with van der Waals surface area (Å²) in [5.74, 6) is -1.43. The third-order valence-electron chi connectivity index (χ3n) is 3.36. The first kappa shape index (κ1) is 15.9. The minimum absolute atomic E-state index is 0.112. The summed E-state index contributed by atoms with van der Waals surface area (Å²) in [6, 6.07) is 12.8. The molecular formula is C17H10F3O4-. The van der Waals surface area contributed by atoms with E-state index in [4.69, 9.17) is 9.47 Å². The Morgan fingerprint density at radius 1 is 1.08 bits per heavy atom. The average Bonchev–Trinajstić information content (AvgIpc) is 2.54. The van der Waals surface area contributed by atoms with E-state index in [-0.39, 0.29) is 17.1 Å². The second-order valence-electron chi connectivity index (χ2n) is 5.01. The van der Waals surface area contributed by atoms with Crippen LogP contribution in [0.25, 0.3) is 6.08 Å². The predicted octanol–water partition coefficient (Wildman–Crippen LogP) is 2.94. The van der Waals surface area contributed by atoms with Crippen molar-refractivity contribution in [3.05, 3.63) is 59.7 Å². The molecule has 0 saturated heterocycles. The summed E-state index contributed by atoms with van der Waals surface area (Å²) in [5.41, 5.74) is -0.889. The quantitative estimate of drug-likeness (QED) is 0.865. The largest absolute Gasteiger partial charge is 0.545 e. The van der Waals surface area contributed by atoms with Gasteiger partial charge in [0.05, 0.1) is 11.5 Å². The zero-order chi connectivity index (χ0) is 17.3. The molecule has 1 heterocycles. The number of rotatable bonds is 3. The Morgan fingerprint density at radius 3 is 2.42 bits per heavy atom. The Morgan fingerprint density at radius 2 is 1.79 bits per heavy atom. The number of hydrogen-bond acceptors (Lipinski definition) is 4. The Bertz CT molecular complexity index is 797. The van der Waals surface area contributed by atoms with Crippen LogP contribution in [0.4, 0.5) is 13.2 Å². The molecular weight excluding hydrogens is 325 g/mol. The number of hydrogen-bond donors (Lipinski definition) is 0. The summed E-state index contributed by atoms with van der Waals surface area (Å²) in [5, 5.41) is 11.1. The maximum atomic E-state index is 13.0. The minimum atomic E-state index is -4.88. The molecule has 0 fully saturated rings. The molecule has 3 rings (SSSR count). The summed E-state index contributed by atoms with van der Waals surface area (Å²) in [6.45, 7) is 0. The number of carbonyl (C=O) groups is 1.